The summed E-state index contributed by atoms with van der Waals surface area (Å²) in [6.45, 7) is 3.91. The van der Waals surface area contributed by atoms with Gasteiger partial charge in [0.25, 0.3) is 11.8 Å². The molecular formula is C87H91N21O10. The summed E-state index contributed by atoms with van der Waals surface area (Å²) in [4.78, 5) is 113. The van der Waals surface area contributed by atoms with Crippen LogP contribution in [0.1, 0.15) is 60.4 Å². The number of aldehydes is 1. The number of nitrogens with two attached hydrogens (primary N) is 3. The average Bonchev–Trinajstić information content (AvgIpc) is 1.66. The first-order valence-corrected chi connectivity index (χ1v) is 37.5. The van der Waals surface area contributed by atoms with Gasteiger partial charge in [-0.25, -0.2) is 24.7 Å². The Morgan fingerprint density at radius 3 is 1.28 bits per heavy atom. The number of aromatic amines is 2. The number of amides is 4. The summed E-state index contributed by atoms with van der Waals surface area (Å²) < 4.78 is 16.9. The topological polar surface area (TPSA) is 409 Å². The number of fused-ring (bicyclic) bond motifs is 2. The molecule has 0 unspecified atom stereocenters. The van der Waals surface area contributed by atoms with Gasteiger partial charge in [-0.3, -0.25) is 38.9 Å². The molecule has 0 spiro atoms. The van der Waals surface area contributed by atoms with Crippen LogP contribution in [0.15, 0.2) is 251 Å². The van der Waals surface area contributed by atoms with Gasteiger partial charge in [-0.15, -0.1) is 0 Å². The Balaban J connectivity index is 0.000000160. The maximum absolute atomic E-state index is 12.8. The van der Waals surface area contributed by atoms with Crippen molar-refractivity contribution >= 4 is 111 Å². The fraction of sp³-hybridized carbons (Fsp3) is 0.195. The van der Waals surface area contributed by atoms with Crippen molar-refractivity contribution in [2.45, 2.75) is 26.3 Å². The SMILES string of the molecule is CN(CCO)c1ccc(C=O)cc1.CN1C(=O)/C(=C/c2ccc(N(C)CCO)cc2)N=C1c1ccccc1.CN1C(=O)/C(=C/c2ccc(N(C)CCOC(=O)NCc3ccc(COc4nc(N)nc5nc[nH]c45)cc3)cc2)N=C1c1ccccc1.CN1C(=O)CN=C1c1ccccc1.NCc1ccc(COc2nc(N)nc3nc[nH]c23)cc1. The molecule has 0 saturated carbocycles. The third-order valence-electron chi connectivity index (χ3n) is 18.6. The Kier molecular flexibility index (Phi) is 29.4. The van der Waals surface area contributed by atoms with Crippen LogP contribution in [-0.4, -0.2) is 201 Å². The molecule has 0 saturated heterocycles. The van der Waals surface area contributed by atoms with Crippen molar-refractivity contribution in [3.8, 4) is 11.8 Å². The lowest BCUT2D eigenvalue weighted by Gasteiger charge is -2.19. The number of aliphatic imine (C=N–C) groups is 3. The summed E-state index contributed by atoms with van der Waals surface area (Å²) in [6.07, 6.45) is 6.93. The monoisotopic (exact) mass is 1590 g/mol. The number of benzene rings is 8. The van der Waals surface area contributed by atoms with E-state index >= 15 is 0 Å². The Morgan fingerprint density at radius 2 is 0.890 bits per heavy atom. The van der Waals surface area contributed by atoms with Gasteiger partial charge < -0.3 is 71.6 Å². The van der Waals surface area contributed by atoms with E-state index in [1.807, 2.05) is 236 Å². The van der Waals surface area contributed by atoms with Crippen LogP contribution < -0.4 is 46.7 Å². The number of carbonyl (C=O) groups excluding carboxylic acids is 5. The first kappa shape index (κ1) is 84.1. The molecule has 0 radical (unpaired) electrons. The number of rotatable bonds is 25. The number of aliphatic hydroxyl groups excluding tert-OH is 2. The molecule has 3 aliphatic heterocycles. The molecule has 0 bridgehead atoms. The zero-order valence-electron chi connectivity index (χ0n) is 66.0. The number of ether oxygens (including phenoxy) is 3. The molecule has 0 fully saturated rings. The van der Waals surface area contributed by atoms with Crippen LogP contribution in [0.5, 0.6) is 11.8 Å². The van der Waals surface area contributed by atoms with Crippen molar-refractivity contribution in [1.29, 1.82) is 0 Å². The van der Waals surface area contributed by atoms with Crippen LogP contribution in [0.2, 0.25) is 0 Å². The van der Waals surface area contributed by atoms with E-state index in [2.05, 4.69) is 60.2 Å². The number of nitrogen functional groups attached to an aromatic ring is 2. The van der Waals surface area contributed by atoms with Crippen molar-refractivity contribution in [1.82, 2.24) is 59.9 Å². The second-order valence-corrected chi connectivity index (χ2v) is 26.8. The summed E-state index contributed by atoms with van der Waals surface area (Å²) in [6, 6.07) is 67.4. The molecule has 0 aliphatic carbocycles. The largest absolute Gasteiger partial charge is 0.471 e. The highest BCUT2D eigenvalue weighted by Gasteiger charge is 2.30. The van der Waals surface area contributed by atoms with Crippen LogP contribution >= 0.6 is 0 Å². The fourth-order valence-electron chi connectivity index (χ4n) is 11.9. The molecule has 118 heavy (non-hydrogen) atoms. The van der Waals surface area contributed by atoms with Gasteiger partial charge in [-0.05, 0) is 94.1 Å². The zero-order chi connectivity index (χ0) is 83.5. The quantitative estimate of drug-likeness (QED) is 0.0195. The maximum atomic E-state index is 12.8. The Morgan fingerprint density at radius 1 is 0.500 bits per heavy atom. The number of nitrogens with one attached hydrogen (secondary N) is 3. The molecule has 15 rings (SSSR count). The van der Waals surface area contributed by atoms with E-state index in [0.717, 1.165) is 79.3 Å². The van der Waals surface area contributed by atoms with Gasteiger partial charge >= 0.3 is 6.09 Å². The van der Waals surface area contributed by atoms with Gasteiger partial charge in [0.2, 0.25) is 29.6 Å². The standard InChI is InChI=1S/C34H33N9O4.C20H21N3O2.C13H14N6O.C10H10N2O.C10H13NO2/c1-42(26-14-12-22(13-15-26)18-27-32(44)43(2)30(39-27)25-6-4-3-5-7-25)16-17-46-34(45)36-19-23-8-10-24(11-9-23)20-47-31-28-29(38-21-37-28)40-33(35)41-31;1-22(12-13-24)17-10-8-15(9-11-17)14-18-20(25)23(2)19(21-18)16-6-4-3-5-7-16;14-5-8-1-3-9(4-2-8)6-20-12-10-11(17-7-16-10)18-13(15)19-12;1-12-9(13)7-11-10(12)8-5-3-2-4-6-8;1-11(6-7-12)10-4-2-9(8-13)3-5-10/h3-15,18,21H,16-17,19-20H2,1-2H3,(H,36,45)(H3,35,37,38,40,41);3-11,14,24H,12-13H2,1-2H3;1-4,7H,5-6,14H2,(H3,15,16,17,18,19);2-6H,7H2,1H3;2-5,8,12H,6-7H2,1H3/b27-18-;18-14-;;;. The van der Waals surface area contributed by atoms with Gasteiger partial charge in [-0.2, -0.15) is 19.9 Å². The van der Waals surface area contributed by atoms with Gasteiger partial charge in [0, 0.05) is 108 Å². The van der Waals surface area contributed by atoms with E-state index in [1.54, 1.807) is 60.1 Å². The van der Waals surface area contributed by atoms with Gasteiger partial charge in [0.1, 0.15) is 72.6 Å². The summed E-state index contributed by atoms with van der Waals surface area (Å²) in [5, 5.41) is 20.5. The van der Waals surface area contributed by atoms with E-state index < -0.39 is 6.09 Å². The normalized spacial score (nSPS) is 13.4. The minimum Gasteiger partial charge on any atom is -0.471 e. The Hall–Kier alpha value is -14.8. The Bertz CT molecular complexity index is 5540. The predicted octanol–water partition coefficient (Wildman–Crippen LogP) is 9.32. The maximum Gasteiger partial charge on any atom is 0.407 e. The number of nitrogens with zero attached hydrogens (tertiary/aromatic N) is 15. The zero-order valence-corrected chi connectivity index (χ0v) is 66.0. The van der Waals surface area contributed by atoms with Crippen molar-refractivity contribution < 1.29 is 48.4 Å². The molecular weight excluding hydrogens is 1500 g/mol. The lowest BCUT2D eigenvalue weighted by Crippen LogP contribution is -2.28. The molecule has 31 heteroatoms. The molecule has 4 aromatic heterocycles. The van der Waals surface area contributed by atoms with E-state index in [0.29, 0.717) is 102 Å². The van der Waals surface area contributed by atoms with Crippen LogP contribution in [0, 0.1) is 0 Å². The minimum absolute atomic E-state index is 0.0545. The molecule has 7 heterocycles. The van der Waals surface area contributed by atoms with Crippen molar-refractivity contribution in [3.63, 3.8) is 0 Å². The minimum atomic E-state index is -0.501. The average molecular weight is 1590 g/mol. The van der Waals surface area contributed by atoms with Crippen molar-refractivity contribution in [2.24, 2.45) is 20.7 Å². The molecule has 3 aliphatic rings. The number of carbonyl (C=O) groups is 5. The van der Waals surface area contributed by atoms with Gasteiger partial charge in [0.15, 0.2) is 11.3 Å². The molecule has 604 valence electrons. The predicted molar refractivity (Wildman–Crippen MR) is 457 cm³/mol. The summed E-state index contributed by atoms with van der Waals surface area (Å²) >= 11 is 0. The fourth-order valence-corrected chi connectivity index (χ4v) is 11.9. The second kappa shape index (κ2) is 41.3. The number of aliphatic hydroxyl groups is 2. The molecule has 8 aromatic carbocycles. The molecule has 0 atom stereocenters. The number of hydrogen-bond acceptors (Lipinski definition) is 25. The molecule has 31 nitrogen and oxygen atoms in total. The number of H-pyrrole nitrogens is 2. The van der Waals surface area contributed by atoms with E-state index in [4.69, 9.17) is 41.6 Å². The molecule has 4 amide bonds. The third kappa shape index (κ3) is 22.8. The van der Waals surface area contributed by atoms with Crippen LogP contribution in [0.4, 0.5) is 33.8 Å². The second-order valence-electron chi connectivity index (χ2n) is 26.8. The number of aromatic nitrogens is 8. The lowest BCUT2D eigenvalue weighted by atomic mass is 10.1. The van der Waals surface area contributed by atoms with Crippen molar-refractivity contribution in [2.75, 3.05) is 114 Å². The van der Waals surface area contributed by atoms with Crippen LogP contribution in [-0.2, 0) is 45.4 Å². The van der Waals surface area contributed by atoms with Crippen molar-refractivity contribution in [3.05, 3.63) is 292 Å². The lowest BCUT2D eigenvalue weighted by molar-refractivity contribution is -0.124. The number of alkyl carbamates (subject to hydrolysis) is 1. The highest BCUT2D eigenvalue weighted by molar-refractivity contribution is 6.20. The first-order chi connectivity index (χ1) is 57.3. The Labute approximate surface area is 681 Å². The number of amidine groups is 3. The van der Waals surface area contributed by atoms with Crippen LogP contribution in [0.3, 0.4) is 0 Å². The molecule has 12 aromatic rings. The smallest absolute Gasteiger partial charge is 0.407 e. The number of anilines is 5. The third-order valence-corrected chi connectivity index (χ3v) is 18.6. The number of likely N-dealkylation sites (N-methyl/N-ethyl adjacent to an activating group) is 6. The highest BCUT2D eigenvalue weighted by Crippen LogP contribution is 2.27. The van der Waals surface area contributed by atoms with Gasteiger partial charge in [-0.1, -0.05) is 164 Å². The number of imidazole rings is 2. The van der Waals surface area contributed by atoms with E-state index in [-0.39, 0.29) is 62.6 Å². The summed E-state index contributed by atoms with van der Waals surface area (Å²) in [5.41, 5.74) is 32.0. The first-order valence-electron chi connectivity index (χ1n) is 37.5. The van der Waals surface area contributed by atoms with Crippen LogP contribution in [0.25, 0.3) is 34.5 Å². The molecule has 11 N–H and O–H groups in total. The van der Waals surface area contributed by atoms with E-state index in [1.165, 1.54) is 12.7 Å². The summed E-state index contributed by atoms with van der Waals surface area (Å²) in [5.74, 6) is 2.81. The highest BCUT2D eigenvalue weighted by atomic mass is 16.5. The number of hydrogen-bond donors (Lipinski definition) is 8. The summed E-state index contributed by atoms with van der Waals surface area (Å²) in [7, 11) is 11.0. The van der Waals surface area contributed by atoms with Gasteiger partial charge in [0.05, 0.1) is 32.4 Å². The van der Waals surface area contributed by atoms with E-state index in [9.17, 15) is 24.0 Å².